The molecule has 0 saturated carbocycles. The molecule has 1 heterocycles. The van der Waals surface area contributed by atoms with E-state index in [-0.39, 0.29) is 5.16 Å². The summed E-state index contributed by atoms with van der Waals surface area (Å²) in [5.74, 6) is 0.533. The van der Waals surface area contributed by atoms with Crippen LogP contribution in [-0.4, -0.2) is 23.6 Å². The molecule has 0 spiro atoms. The van der Waals surface area contributed by atoms with Gasteiger partial charge in [-0.1, -0.05) is 30.3 Å². The Morgan fingerprint density at radius 1 is 1.17 bits per heavy atom. The first-order valence-corrected chi connectivity index (χ1v) is 7.76. The molecule has 0 aliphatic rings. The van der Waals surface area contributed by atoms with Crippen LogP contribution < -0.4 is 0 Å². The second-order valence-electron chi connectivity index (χ2n) is 3.84. The largest absolute Gasteiger partial charge is 0.298 e. The van der Waals surface area contributed by atoms with Crippen LogP contribution in [0.5, 0.6) is 0 Å². The number of benzene rings is 1. The van der Waals surface area contributed by atoms with Gasteiger partial charge in [-0.05, 0) is 18.4 Å². The highest BCUT2D eigenvalue weighted by molar-refractivity contribution is 8.13. The lowest BCUT2D eigenvalue weighted by Crippen LogP contribution is -1.94. The number of hydrogen-bond donors (Lipinski definition) is 1. The Kier molecular flexibility index (Phi) is 3.98. The molecule has 2 rings (SSSR count). The lowest BCUT2D eigenvalue weighted by molar-refractivity contribution is 0.601. The molecule has 0 bridgehead atoms. The van der Waals surface area contributed by atoms with Gasteiger partial charge in [0.1, 0.15) is 5.82 Å². The number of hydrogen-bond acceptors (Lipinski definition) is 4. The minimum absolute atomic E-state index is 0.362. The number of aryl methyl sites for hydroxylation is 2. The molecule has 5 nitrogen and oxygen atoms in total. The van der Waals surface area contributed by atoms with Crippen LogP contribution in [0, 0.1) is 0 Å². The summed E-state index contributed by atoms with van der Waals surface area (Å²) in [6.07, 6.45) is 2.40. The minimum atomic E-state index is -3.84. The summed E-state index contributed by atoms with van der Waals surface area (Å²) in [5, 5.41) is 5.77. The van der Waals surface area contributed by atoms with E-state index < -0.39 is 9.05 Å². The molecule has 96 valence electrons. The smallest absolute Gasteiger partial charge is 0.262 e. The topological polar surface area (TPSA) is 75.7 Å². The van der Waals surface area contributed by atoms with E-state index in [0.717, 1.165) is 12.8 Å². The van der Waals surface area contributed by atoms with Crippen LogP contribution in [0.15, 0.2) is 35.5 Å². The molecule has 0 unspecified atom stereocenters. The third kappa shape index (κ3) is 3.54. The van der Waals surface area contributed by atoms with Crippen LogP contribution in [-0.2, 0) is 21.9 Å². The van der Waals surface area contributed by atoms with Crippen LogP contribution >= 0.6 is 10.7 Å². The van der Waals surface area contributed by atoms with E-state index in [9.17, 15) is 8.42 Å². The molecule has 0 amide bonds. The Morgan fingerprint density at radius 2 is 1.89 bits per heavy atom. The van der Waals surface area contributed by atoms with Gasteiger partial charge in [0.15, 0.2) is 0 Å². The second-order valence-corrected chi connectivity index (χ2v) is 6.30. The number of rotatable bonds is 5. The van der Waals surface area contributed by atoms with Crippen LogP contribution in [0.3, 0.4) is 0 Å². The first kappa shape index (κ1) is 13.0. The molecule has 0 fully saturated rings. The Hall–Kier alpha value is -1.40. The number of H-pyrrole nitrogens is 1. The van der Waals surface area contributed by atoms with Crippen molar-refractivity contribution in [3.63, 3.8) is 0 Å². The van der Waals surface area contributed by atoms with Gasteiger partial charge >= 0.3 is 0 Å². The molecule has 0 atom stereocenters. The van der Waals surface area contributed by atoms with Crippen LogP contribution in [0.2, 0.25) is 0 Å². The summed E-state index contributed by atoms with van der Waals surface area (Å²) in [4.78, 5) is 3.83. The van der Waals surface area contributed by atoms with Crippen LogP contribution in [0.1, 0.15) is 17.8 Å². The van der Waals surface area contributed by atoms with Gasteiger partial charge in [-0.25, -0.2) is 13.4 Å². The van der Waals surface area contributed by atoms with E-state index in [2.05, 4.69) is 27.3 Å². The number of aromatic nitrogens is 3. The van der Waals surface area contributed by atoms with Crippen molar-refractivity contribution in [2.45, 2.75) is 24.4 Å². The van der Waals surface area contributed by atoms with Gasteiger partial charge in [0.25, 0.3) is 14.2 Å². The molecular weight excluding hydrogens is 274 g/mol. The zero-order valence-electron chi connectivity index (χ0n) is 9.51. The maximum atomic E-state index is 11.0. The lowest BCUT2D eigenvalue weighted by atomic mass is 10.1. The monoisotopic (exact) mass is 285 g/mol. The first-order valence-electron chi connectivity index (χ1n) is 5.45. The maximum absolute atomic E-state index is 11.0. The van der Waals surface area contributed by atoms with Gasteiger partial charge < -0.3 is 0 Å². The van der Waals surface area contributed by atoms with Crippen LogP contribution in [0.4, 0.5) is 0 Å². The van der Waals surface area contributed by atoms with E-state index in [1.54, 1.807) is 0 Å². The Balaban J connectivity index is 1.90. The fourth-order valence-corrected chi connectivity index (χ4v) is 2.18. The number of nitrogens with zero attached hydrogens (tertiary/aromatic N) is 2. The molecule has 1 N–H and O–H groups in total. The summed E-state index contributed by atoms with van der Waals surface area (Å²) in [7, 11) is 1.29. The zero-order valence-corrected chi connectivity index (χ0v) is 11.1. The van der Waals surface area contributed by atoms with E-state index in [1.807, 2.05) is 18.2 Å². The van der Waals surface area contributed by atoms with E-state index in [4.69, 9.17) is 10.7 Å². The summed E-state index contributed by atoms with van der Waals surface area (Å²) in [6, 6.07) is 10.0. The first-order chi connectivity index (χ1) is 8.55. The van der Waals surface area contributed by atoms with Crippen molar-refractivity contribution >= 4 is 19.7 Å². The predicted molar refractivity (Wildman–Crippen MR) is 67.9 cm³/mol. The van der Waals surface area contributed by atoms with Crippen molar-refractivity contribution in [1.29, 1.82) is 0 Å². The SMILES string of the molecule is O=S(=O)(Cl)c1n[nH]c(CCCc2ccccc2)n1. The van der Waals surface area contributed by atoms with E-state index in [0.29, 0.717) is 12.2 Å². The quantitative estimate of drug-likeness (QED) is 0.852. The lowest BCUT2D eigenvalue weighted by Gasteiger charge is -1.98. The Bertz CT molecular complexity index is 610. The van der Waals surface area contributed by atoms with Gasteiger partial charge in [-0.3, -0.25) is 5.10 Å². The molecule has 2 aromatic rings. The highest BCUT2D eigenvalue weighted by Gasteiger charge is 2.16. The number of aromatic amines is 1. The summed E-state index contributed by atoms with van der Waals surface area (Å²) < 4.78 is 21.9. The van der Waals surface area contributed by atoms with Gasteiger partial charge in [-0.2, -0.15) is 0 Å². The van der Waals surface area contributed by atoms with E-state index >= 15 is 0 Å². The Labute approximate surface area is 110 Å². The van der Waals surface area contributed by atoms with E-state index in [1.165, 1.54) is 5.56 Å². The molecule has 7 heteroatoms. The number of halogens is 1. The third-order valence-corrected chi connectivity index (χ3v) is 3.48. The maximum Gasteiger partial charge on any atom is 0.298 e. The number of nitrogens with one attached hydrogen (secondary N) is 1. The molecule has 0 radical (unpaired) electrons. The average molecular weight is 286 g/mol. The predicted octanol–water partition coefficient (Wildman–Crippen LogP) is 1.91. The summed E-state index contributed by atoms with van der Waals surface area (Å²) in [6.45, 7) is 0. The van der Waals surface area contributed by atoms with Crippen molar-refractivity contribution in [1.82, 2.24) is 15.2 Å². The van der Waals surface area contributed by atoms with Crippen molar-refractivity contribution in [3.05, 3.63) is 41.7 Å². The van der Waals surface area contributed by atoms with Crippen molar-refractivity contribution < 1.29 is 8.42 Å². The van der Waals surface area contributed by atoms with Gasteiger partial charge in [0.05, 0.1) is 0 Å². The van der Waals surface area contributed by atoms with Crippen LogP contribution in [0.25, 0.3) is 0 Å². The Morgan fingerprint density at radius 3 is 2.50 bits per heavy atom. The minimum Gasteiger partial charge on any atom is -0.262 e. The highest BCUT2D eigenvalue weighted by Crippen LogP contribution is 2.10. The van der Waals surface area contributed by atoms with Gasteiger partial charge in [-0.15, -0.1) is 5.10 Å². The van der Waals surface area contributed by atoms with Gasteiger partial charge in [0, 0.05) is 17.1 Å². The molecule has 18 heavy (non-hydrogen) atoms. The molecule has 0 aliphatic carbocycles. The van der Waals surface area contributed by atoms with Crippen molar-refractivity contribution in [2.75, 3.05) is 0 Å². The molecule has 1 aromatic carbocycles. The zero-order chi connectivity index (χ0) is 13.0. The second kappa shape index (κ2) is 5.49. The third-order valence-electron chi connectivity index (χ3n) is 2.45. The normalized spacial score (nSPS) is 11.6. The molecule has 1 aromatic heterocycles. The summed E-state index contributed by atoms with van der Waals surface area (Å²) >= 11 is 0. The van der Waals surface area contributed by atoms with Crippen molar-refractivity contribution in [3.8, 4) is 0 Å². The van der Waals surface area contributed by atoms with Crippen molar-refractivity contribution in [2.24, 2.45) is 0 Å². The highest BCUT2D eigenvalue weighted by atomic mass is 35.7. The molecule has 0 saturated heterocycles. The fraction of sp³-hybridized carbons (Fsp3) is 0.273. The standard InChI is InChI=1S/C11H12ClN3O2S/c12-18(16,17)11-13-10(14-15-11)8-4-7-9-5-2-1-3-6-9/h1-3,5-6H,4,7-8H2,(H,13,14,15). The fourth-order valence-electron chi connectivity index (χ4n) is 1.60. The average Bonchev–Trinajstić information content (AvgIpc) is 2.79. The molecular formula is C11H12ClN3O2S. The molecule has 0 aliphatic heterocycles. The van der Waals surface area contributed by atoms with Gasteiger partial charge in [0.2, 0.25) is 0 Å². The summed E-state index contributed by atoms with van der Waals surface area (Å²) in [5.41, 5.74) is 1.24.